The first-order chi connectivity index (χ1) is 13.9. The molecule has 0 unspecified atom stereocenters. The minimum Gasteiger partial charge on any atom is -0.400 e. The number of benzene rings is 2. The SMILES string of the molecule is CC(=O)/C(Nc1nc(=O)n(-c2ccccc2Cl)c2cc(C3CC3)ccc12)=C(/C)N. The summed E-state index contributed by atoms with van der Waals surface area (Å²) in [5.74, 6) is 0.577. The van der Waals surface area contributed by atoms with Crippen molar-refractivity contribution < 1.29 is 4.79 Å². The predicted molar refractivity (Wildman–Crippen MR) is 116 cm³/mol. The molecule has 0 atom stereocenters. The zero-order valence-corrected chi connectivity index (χ0v) is 17.0. The van der Waals surface area contributed by atoms with Crippen molar-refractivity contribution in [2.45, 2.75) is 32.6 Å². The van der Waals surface area contributed by atoms with Crippen LogP contribution in [0, 0.1) is 0 Å². The van der Waals surface area contributed by atoms with E-state index in [4.69, 9.17) is 17.3 Å². The number of allylic oxidation sites excluding steroid dienone is 2. The van der Waals surface area contributed by atoms with Crippen LogP contribution < -0.4 is 16.7 Å². The number of aromatic nitrogens is 2. The molecule has 2 aromatic carbocycles. The first-order valence-electron chi connectivity index (χ1n) is 9.42. The third-order valence-corrected chi connectivity index (χ3v) is 5.37. The highest BCUT2D eigenvalue weighted by molar-refractivity contribution is 6.32. The average Bonchev–Trinajstić information content (AvgIpc) is 3.51. The van der Waals surface area contributed by atoms with E-state index in [9.17, 15) is 9.59 Å². The van der Waals surface area contributed by atoms with Crippen LogP contribution in [0.2, 0.25) is 5.02 Å². The summed E-state index contributed by atoms with van der Waals surface area (Å²) < 4.78 is 1.52. The number of rotatable bonds is 5. The summed E-state index contributed by atoms with van der Waals surface area (Å²) in [6, 6.07) is 13.1. The Balaban J connectivity index is 2.00. The topological polar surface area (TPSA) is 90.0 Å². The van der Waals surface area contributed by atoms with Crippen molar-refractivity contribution in [1.82, 2.24) is 9.55 Å². The Kier molecular flexibility index (Phi) is 4.88. The molecule has 0 spiro atoms. The number of ketones is 1. The molecule has 1 aliphatic rings. The normalized spacial score (nSPS) is 14.6. The quantitative estimate of drug-likeness (QED) is 0.620. The van der Waals surface area contributed by atoms with Crippen LogP contribution >= 0.6 is 11.6 Å². The third-order valence-electron chi connectivity index (χ3n) is 5.05. The van der Waals surface area contributed by atoms with E-state index >= 15 is 0 Å². The third kappa shape index (κ3) is 3.63. The number of nitrogens with zero attached hydrogens (tertiary/aromatic N) is 2. The van der Waals surface area contributed by atoms with Gasteiger partial charge in [-0.1, -0.05) is 29.8 Å². The second-order valence-electron chi connectivity index (χ2n) is 7.32. The van der Waals surface area contributed by atoms with E-state index in [1.165, 1.54) is 17.1 Å². The largest absolute Gasteiger partial charge is 0.400 e. The van der Waals surface area contributed by atoms with E-state index in [1.807, 2.05) is 30.3 Å². The fourth-order valence-electron chi connectivity index (χ4n) is 3.46. The predicted octanol–water partition coefficient (Wildman–Crippen LogP) is 4.11. The Hall–Kier alpha value is -3.12. The molecule has 6 nitrogen and oxygen atoms in total. The maximum absolute atomic E-state index is 13.0. The van der Waals surface area contributed by atoms with Crippen LogP contribution in [0.25, 0.3) is 16.6 Å². The van der Waals surface area contributed by atoms with E-state index in [0.717, 1.165) is 12.8 Å². The smallest absolute Gasteiger partial charge is 0.354 e. The second-order valence-corrected chi connectivity index (χ2v) is 7.73. The number of para-hydroxylation sites is 1. The van der Waals surface area contributed by atoms with Crippen LogP contribution in [0.15, 0.2) is 58.7 Å². The molecule has 7 heteroatoms. The Bertz CT molecular complexity index is 1220. The molecule has 3 N–H and O–H groups in total. The van der Waals surface area contributed by atoms with Crippen LogP contribution in [0.4, 0.5) is 5.82 Å². The molecule has 0 bridgehead atoms. The summed E-state index contributed by atoms with van der Waals surface area (Å²) in [4.78, 5) is 29.2. The summed E-state index contributed by atoms with van der Waals surface area (Å²) in [6.45, 7) is 3.04. The van der Waals surface area contributed by atoms with Crippen LogP contribution in [0.5, 0.6) is 0 Å². The van der Waals surface area contributed by atoms with Crippen LogP contribution in [0.1, 0.15) is 38.2 Å². The van der Waals surface area contributed by atoms with E-state index in [-0.39, 0.29) is 11.5 Å². The van der Waals surface area contributed by atoms with Crippen molar-refractivity contribution in [2.24, 2.45) is 5.73 Å². The highest BCUT2D eigenvalue weighted by Crippen LogP contribution is 2.41. The van der Waals surface area contributed by atoms with Gasteiger partial charge in [0.25, 0.3) is 0 Å². The molecule has 29 heavy (non-hydrogen) atoms. The van der Waals surface area contributed by atoms with Gasteiger partial charge in [-0.15, -0.1) is 0 Å². The lowest BCUT2D eigenvalue weighted by molar-refractivity contribution is -0.113. The van der Waals surface area contributed by atoms with E-state index < -0.39 is 5.69 Å². The summed E-state index contributed by atoms with van der Waals surface area (Å²) in [7, 11) is 0. The number of carbonyl (C=O) groups excluding carboxylic acids is 1. The van der Waals surface area contributed by atoms with Crippen LogP contribution in [-0.2, 0) is 4.79 Å². The first-order valence-corrected chi connectivity index (χ1v) is 9.80. The summed E-state index contributed by atoms with van der Waals surface area (Å²) >= 11 is 6.38. The monoisotopic (exact) mass is 408 g/mol. The van der Waals surface area contributed by atoms with Gasteiger partial charge in [0.15, 0.2) is 5.78 Å². The standard InChI is InChI=1S/C22H21ClN4O2/c1-12(24)20(13(2)28)25-21-16-10-9-15(14-7-8-14)11-19(16)27(22(29)26-21)18-6-4-3-5-17(18)23/h3-6,9-11,14H,7-8,24H2,1-2H3,(H,25,26,29)/b20-12+. The van der Waals surface area contributed by atoms with Crippen molar-refractivity contribution in [3.8, 4) is 5.69 Å². The Morgan fingerprint density at radius 3 is 2.55 bits per heavy atom. The fraction of sp³-hybridized carbons (Fsp3) is 0.227. The summed E-state index contributed by atoms with van der Waals surface area (Å²) in [6.07, 6.45) is 2.28. The molecule has 3 aromatic rings. The van der Waals surface area contributed by atoms with Crippen molar-refractivity contribution in [2.75, 3.05) is 5.32 Å². The molecule has 0 amide bonds. The lowest BCUT2D eigenvalue weighted by Crippen LogP contribution is -2.25. The highest BCUT2D eigenvalue weighted by atomic mass is 35.5. The molecule has 1 heterocycles. The summed E-state index contributed by atoms with van der Waals surface area (Å²) in [5.41, 5.74) is 8.33. The first kappa shape index (κ1) is 19.2. The van der Waals surface area contributed by atoms with Crippen LogP contribution in [-0.4, -0.2) is 15.3 Å². The Morgan fingerprint density at radius 1 is 1.21 bits per heavy atom. The van der Waals surface area contributed by atoms with E-state index in [1.54, 1.807) is 19.1 Å². The minimum absolute atomic E-state index is 0.222. The molecule has 4 rings (SSSR count). The number of carbonyl (C=O) groups is 1. The zero-order valence-electron chi connectivity index (χ0n) is 16.2. The maximum Gasteiger partial charge on any atom is 0.354 e. The molecule has 1 aliphatic carbocycles. The van der Waals surface area contributed by atoms with E-state index in [2.05, 4.69) is 10.3 Å². The van der Waals surface area contributed by atoms with Crippen LogP contribution in [0.3, 0.4) is 0 Å². The molecule has 0 aliphatic heterocycles. The minimum atomic E-state index is -0.487. The fourth-order valence-corrected chi connectivity index (χ4v) is 3.68. The average molecular weight is 409 g/mol. The second kappa shape index (κ2) is 7.37. The van der Waals surface area contributed by atoms with Gasteiger partial charge in [-0.05, 0) is 55.5 Å². The number of nitrogens with two attached hydrogens (primary N) is 1. The van der Waals surface area contributed by atoms with Crippen molar-refractivity contribution >= 4 is 34.1 Å². The molecular weight excluding hydrogens is 388 g/mol. The highest BCUT2D eigenvalue weighted by Gasteiger charge is 2.25. The van der Waals surface area contributed by atoms with Crippen molar-refractivity contribution in [3.63, 3.8) is 0 Å². The van der Waals surface area contributed by atoms with Gasteiger partial charge in [0, 0.05) is 18.0 Å². The number of hydrogen-bond donors (Lipinski definition) is 2. The van der Waals surface area contributed by atoms with Gasteiger partial charge in [0.05, 0.1) is 16.2 Å². The molecular formula is C22H21ClN4O2. The number of Topliss-reactive ketones (excluding diaryl/α,β-unsaturated/α-hetero) is 1. The molecule has 0 saturated heterocycles. The molecule has 148 valence electrons. The lowest BCUT2D eigenvalue weighted by Gasteiger charge is -2.16. The van der Waals surface area contributed by atoms with Gasteiger partial charge in [-0.2, -0.15) is 4.98 Å². The van der Waals surface area contributed by atoms with Gasteiger partial charge in [-0.25, -0.2) is 4.79 Å². The Labute approximate surface area is 173 Å². The van der Waals surface area contributed by atoms with Gasteiger partial charge in [-0.3, -0.25) is 9.36 Å². The number of fused-ring (bicyclic) bond motifs is 1. The van der Waals surface area contributed by atoms with E-state index in [0.29, 0.717) is 39.0 Å². The van der Waals surface area contributed by atoms with Gasteiger partial charge in [0.2, 0.25) is 0 Å². The summed E-state index contributed by atoms with van der Waals surface area (Å²) in [5, 5.41) is 4.13. The zero-order chi connectivity index (χ0) is 20.7. The lowest BCUT2D eigenvalue weighted by atomic mass is 10.1. The maximum atomic E-state index is 13.0. The molecule has 1 saturated carbocycles. The van der Waals surface area contributed by atoms with Gasteiger partial charge < -0.3 is 11.1 Å². The number of halogens is 1. The Morgan fingerprint density at radius 2 is 1.93 bits per heavy atom. The number of hydrogen-bond acceptors (Lipinski definition) is 5. The van der Waals surface area contributed by atoms with Crippen molar-refractivity contribution in [1.29, 1.82) is 0 Å². The van der Waals surface area contributed by atoms with Gasteiger partial charge >= 0.3 is 5.69 Å². The number of anilines is 1. The molecule has 1 fully saturated rings. The number of nitrogens with one attached hydrogen (secondary N) is 1. The molecule has 0 radical (unpaired) electrons. The van der Waals surface area contributed by atoms with Crippen molar-refractivity contribution in [3.05, 3.63) is 74.9 Å². The van der Waals surface area contributed by atoms with Gasteiger partial charge in [0.1, 0.15) is 11.5 Å². The molecule has 1 aromatic heterocycles.